The average molecular weight is 243 g/mol. The number of nitrogen functional groups attached to an aromatic ring is 1. The van der Waals surface area contributed by atoms with E-state index in [9.17, 15) is 0 Å². The molecule has 0 spiro atoms. The fraction of sp³-hybridized carbons (Fsp3) is 0.500. The number of nitrogens with two attached hydrogens (primary N) is 1. The van der Waals surface area contributed by atoms with Gasteiger partial charge in [0.05, 0.1) is 11.4 Å². The zero-order valence-corrected chi connectivity index (χ0v) is 10.5. The zero-order chi connectivity index (χ0) is 12.1. The molecule has 0 aromatic heterocycles. The molecule has 3 nitrogen and oxygen atoms in total. The van der Waals surface area contributed by atoms with Gasteiger partial charge in [-0.05, 0) is 38.5 Å². The molecule has 0 atom stereocenters. The van der Waals surface area contributed by atoms with Gasteiger partial charge in [0, 0.05) is 24.2 Å². The van der Waals surface area contributed by atoms with Gasteiger partial charge in [-0.15, -0.1) is 0 Å². The lowest BCUT2D eigenvalue weighted by molar-refractivity contribution is 0.288. The second-order valence-corrected chi connectivity index (χ2v) is 4.50. The number of hydrogen-bond acceptors (Lipinski definition) is 3. The van der Waals surface area contributed by atoms with Crippen LogP contribution in [0.4, 0.5) is 11.4 Å². The summed E-state index contributed by atoms with van der Waals surface area (Å²) < 4.78 is 0. The Morgan fingerprint density at radius 3 is 2.62 bits per heavy atom. The highest BCUT2D eigenvalue weighted by Gasteiger charge is 2.12. The summed E-state index contributed by atoms with van der Waals surface area (Å²) in [5, 5.41) is 9.52. The molecule has 0 heterocycles. The Bertz CT molecular complexity index is 342. The summed E-state index contributed by atoms with van der Waals surface area (Å²) in [4.78, 5) is 2.17. The summed E-state index contributed by atoms with van der Waals surface area (Å²) in [6.07, 6.45) is 0.736. The SMILES string of the molecule is CC(C)N(CCCO)c1ccc(Cl)cc1N. The van der Waals surface area contributed by atoms with Crippen LogP contribution in [0.1, 0.15) is 20.3 Å². The molecule has 0 aliphatic carbocycles. The minimum absolute atomic E-state index is 0.191. The number of benzene rings is 1. The molecule has 3 N–H and O–H groups in total. The van der Waals surface area contributed by atoms with Crippen LogP contribution in [0.25, 0.3) is 0 Å². The molecular formula is C12H19ClN2O. The first kappa shape index (κ1) is 13.1. The number of nitrogens with zero attached hydrogens (tertiary/aromatic N) is 1. The molecule has 0 fully saturated rings. The van der Waals surface area contributed by atoms with Crippen LogP contribution in [0.2, 0.25) is 5.02 Å². The average Bonchev–Trinajstić information content (AvgIpc) is 2.20. The van der Waals surface area contributed by atoms with Gasteiger partial charge >= 0.3 is 0 Å². The highest BCUT2D eigenvalue weighted by atomic mass is 35.5. The van der Waals surface area contributed by atoms with Crippen molar-refractivity contribution in [3.63, 3.8) is 0 Å². The Morgan fingerprint density at radius 1 is 1.44 bits per heavy atom. The molecule has 4 heteroatoms. The van der Waals surface area contributed by atoms with E-state index in [1.807, 2.05) is 12.1 Å². The zero-order valence-electron chi connectivity index (χ0n) is 9.78. The van der Waals surface area contributed by atoms with E-state index in [1.54, 1.807) is 6.07 Å². The van der Waals surface area contributed by atoms with Crippen molar-refractivity contribution >= 4 is 23.0 Å². The Hall–Kier alpha value is -0.930. The van der Waals surface area contributed by atoms with Crippen LogP contribution in [0.5, 0.6) is 0 Å². The van der Waals surface area contributed by atoms with Gasteiger partial charge in [0.2, 0.25) is 0 Å². The first-order valence-corrected chi connectivity index (χ1v) is 5.86. The van der Waals surface area contributed by atoms with Crippen LogP contribution in [-0.4, -0.2) is 24.3 Å². The minimum Gasteiger partial charge on any atom is -0.397 e. The molecular weight excluding hydrogens is 224 g/mol. The second kappa shape index (κ2) is 5.97. The topological polar surface area (TPSA) is 49.5 Å². The minimum atomic E-state index is 0.191. The lowest BCUT2D eigenvalue weighted by Gasteiger charge is -2.30. The van der Waals surface area contributed by atoms with Gasteiger partial charge in [-0.1, -0.05) is 11.6 Å². The molecule has 0 saturated heterocycles. The molecule has 90 valence electrons. The maximum Gasteiger partial charge on any atom is 0.0603 e. The van der Waals surface area contributed by atoms with Crippen molar-refractivity contribution in [2.24, 2.45) is 0 Å². The lowest BCUT2D eigenvalue weighted by Crippen LogP contribution is -2.32. The normalized spacial score (nSPS) is 10.8. The van der Waals surface area contributed by atoms with E-state index in [1.165, 1.54) is 0 Å². The number of aliphatic hydroxyl groups excluding tert-OH is 1. The van der Waals surface area contributed by atoms with E-state index >= 15 is 0 Å². The van der Waals surface area contributed by atoms with Crippen LogP contribution >= 0.6 is 11.6 Å². The van der Waals surface area contributed by atoms with Gasteiger partial charge in [-0.2, -0.15) is 0 Å². The number of hydrogen-bond donors (Lipinski definition) is 2. The van der Waals surface area contributed by atoms with E-state index in [-0.39, 0.29) is 6.61 Å². The maximum atomic E-state index is 8.88. The lowest BCUT2D eigenvalue weighted by atomic mass is 10.2. The van der Waals surface area contributed by atoms with Crippen LogP contribution < -0.4 is 10.6 Å². The number of anilines is 2. The highest BCUT2D eigenvalue weighted by Crippen LogP contribution is 2.28. The fourth-order valence-corrected chi connectivity index (χ4v) is 1.87. The van der Waals surface area contributed by atoms with Gasteiger partial charge in [0.25, 0.3) is 0 Å². The largest absolute Gasteiger partial charge is 0.397 e. The van der Waals surface area contributed by atoms with Crippen molar-refractivity contribution in [3.05, 3.63) is 23.2 Å². The van der Waals surface area contributed by atoms with Crippen molar-refractivity contribution in [2.45, 2.75) is 26.3 Å². The Morgan fingerprint density at radius 2 is 2.12 bits per heavy atom. The third-order valence-corrected chi connectivity index (χ3v) is 2.71. The Labute approximate surface area is 102 Å². The van der Waals surface area contributed by atoms with Crippen molar-refractivity contribution in [2.75, 3.05) is 23.8 Å². The maximum absolute atomic E-state index is 8.88. The third kappa shape index (κ3) is 3.29. The molecule has 0 bridgehead atoms. The molecule has 1 aromatic rings. The van der Waals surface area contributed by atoms with E-state index in [0.29, 0.717) is 16.8 Å². The van der Waals surface area contributed by atoms with Gasteiger partial charge in [0.1, 0.15) is 0 Å². The number of aliphatic hydroxyl groups is 1. The van der Waals surface area contributed by atoms with Crippen molar-refractivity contribution in [3.8, 4) is 0 Å². The molecule has 0 radical (unpaired) electrons. The third-order valence-electron chi connectivity index (χ3n) is 2.48. The summed E-state index contributed by atoms with van der Waals surface area (Å²) in [6.45, 7) is 5.19. The van der Waals surface area contributed by atoms with Crippen LogP contribution in [0.3, 0.4) is 0 Å². The van der Waals surface area contributed by atoms with Crippen LogP contribution in [0.15, 0.2) is 18.2 Å². The van der Waals surface area contributed by atoms with E-state index in [2.05, 4.69) is 18.7 Å². The summed E-state index contributed by atoms with van der Waals surface area (Å²) in [6, 6.07) is 5.86. The molecule has 1 rings (SSSR count). The summed E-state index contributed by atoms with van der Waals surface area (Å²) in [5.41, 5.74) is 7.60. The van der Waals surface area contributed by atoms with Gasteiger partial charge in [0.15, 0.2) is 0 Å². The predicted molar refractivity (Wildman–Crippen MR) is 70.0 cm³/mol. The second-order valence-electron chi connectivity index (χ2n) is 4.07. The molecule has 0 amide bonds. The van der Waals surface area contributed by atoms with Crippen LogP contribution in [0, 0.1) is 0 Å². The Balaban J connectivity index is 2.92. The molecule has 1 aromatic carbocycles. The highest BCUT2D eigenvalue weighted by molar-refractivity contribution is 6.31. The van der Waals surface area contributed by atoms with Crippen LogP contribution in [-0.2, 0) is 0 Å². The predicted octanol–water partition coefficient (Wildman–Crippen LogP) is 2.52. The Kier molecular flexibility index (Phi) is 4.90. The summed E-state index contributed by atoms with van der Waals surface area (Å²) in [7, 11) is 0. The number of rotatable bonds is 5. The van der Waals surface area contributed by atoms with Gasteiger partial charge < -0.3 is 15.7 Å². The van der Waals surface area contributed by atoms with Gasteiger partial charge in [-0.25, -0.2) is 0 Å². The standard InChI is InChI=1S/C12H19ClN2O/c1-9(2)15(6-3-7-16)12-5-4-10(13)8-11(12)14/h4-5,8-9,16H,3,6-7,14H2,1-2H3. The van der Waals surface area contributed by atoms with Crippen molar-refractivity contribution in [1.82, 2.24) is 0 Å². The first-order chi connectivity index (χ1) is 7.56. The molecule has 0 aliphatic heterocycles. The quantitative estimate of drug-likeness (QED) is 0.781. The molecule has 0 saturated carbocycles. The molecule has 0 aliphatic rings. The van der Waals surface area contributed by atoms with E-state index in [4.69, 9.17) is 22.4 Å². The van der Waals surface area contributed by atoms with Crippen molar-refractivity contribution in [1.29, 1.82) is 0 Å². The van der Waals surface area contributed by atoms with E-state index < -0.39 is 0 Å². The van der Waals surface area contributed by atoms with Crippen molar-refractivity contribution < 1.29 is 5.11 Å². The molecule has 0 unspecified atom stereocenters. The smallest absolute Gasteiger partial charge is 0.0603 e. The number of halogens is 1. The summed E-state index contributed by atoms with van der Waals surface area (Å²) in [5.74, 6) is 0. The first-order valence-electron chi connectivity index (χ1n) is 5.48. The fourth-order valence-electron chi connectivity index (χ4n) is 1.68. The monoisotopic (exact) mass is 242 g/mol. The van der Waals surface area contributed by atoms with Gasteiger partial charge in [-0.3, -0.25) is 0 Å². The summed E-state index contributed by atoms with van der Waals surface area (Å²) >= 11 is 5.87. The van der Waals surface area contributed by atoms with E-state index in [0.717, 1.165) is 18.7 Å². The molecule has 16 heavy (non-hydrogen) atoms.